The van der Waals surface area contributed by atoms with Gasteiger partial charge in [0.05, 0.1) is 19.2 Å². The van der Waals surface area contributed by atoms with Gasteiger partial charge in [0, 0.05) is 21.6 Å². The van der Waals surface area contributed by atoms with E-state index >= 15 is 0 Å². The highest BCUT2D eigenvalue weighted by molar-refractivity contribution is 9.10. The standard InChI is InChI=1S/C14H12BrNO3S/c1-19-13-6-9(15)2-4-11(13)12(17)8-16-7-10(20)3-5-14(16)18/h2-7,20H,8H2,1H3. The van der Waals surface area contributed by atoms with E-state index < -0.39 is 0 Å². The lowest BCUT2D eigenvalue weighted by atomic mass is 10.1. The first-order valence-electron chi connectivity index (χ1n) is 5.77. The summed E-state index contributed by atoms with van der Waals surface area (Å²) in [4.78, 5) is 24.6. The van der Waals surface area contributed by atoms with Gasteiger partial charge in [0.1, 0.15) is 5.75 Å². The Kier molecular flexibility index (Phi) is 4.67. The van der Waals surface area contributed by atoms with Crippen molar-refractivity contribution >= 4 is 34.3 Å². The molecule has 4 nitrogen and oxygen atoms in total. The molecule has 0 unspecified atom stereocenters. The molecule has 0 radical (unpaired) electrons. The SMILES string of the molecule is COc1cc(Br)ccc1C(=O)Cn1cc(S)ccc1=O. The molecule has 2 rings (SSSR count). The fourth-order valence-electron chi connectivity index (χ4n) is 1.78. The van der Waals surface area contributed by atoms with Crippen molar-refractivity contribution in [2.24, 2.45) is 0 Å². The Balaban J connectivity index is 2.33. The van der Waals surface area contributed by atoms with Gasteiger partial charge in [-0.3, -0.25) is 9.59 Å². The van der Waals surface area contributed by atoms with E-state index in [-0.39, 0.29) is 17.9 Å². The summed E-state index contributed by atoms with van der Waals surface area (Å²) in [6.45, 7) is -0.0504. The van der Waals surface area contributed by atoms with Crippen LogP contribution >= 0.6 is 28.6 Å². The van der Waals surface area contributed by atoms with E-state index in [9.17, 15) is 9.59 Å². The van der Waals surface area contributed by atoms with Gasteiger partial charge in [0.15, 0.2) is 5.78 Å². The molecule has 1 aromatic carbocycles. The minimum absolute atomic E-state index is 0.0504. The smallest absolute Gasteiger partial charge is 0.251 e. The van der Waals surface area contributed by atoms with Crippen molar-refractivity contribution in [3.05, 3.63) is 56.9 Å². The number of carbonyl (C=O) groups is 1. The van der Waals surface area contributed by atoms with Crippen molar-refractivity contribution in [3.63, 3.8) is 0 Å². The molecule has 0 atom stereocenters. The van der Waals surface area contributed by atoms with Gasteiger partial charge < -0.3 is 9.30 Å². The number of nitrogens with zero attached hydrogens (tertiary/aromatic N) is 1. The van der Waals surface area contributed by atoms with Crippen molar-refractivity contribution < 1.29 is 9.53 Å². The predicted molar refractivity (Wildman–Crippen MR) is 83.0 cm³/mol. The van der Waals surface area contributed by atoms with Crippen LogP contribution in [0.15, 0.2) is 50.7 Å². The maximum atomic E-state index is 12.3. The maximum Gasteiger partial charge on any atom is 0.251 e. The third-order valence-electron chi connectivity index (χ3n) is 2.75. The fourth-order valence-corrected chi connectivity index (χ4v) is 2.33. The van der Waals surface area contributed by atoms with Gasteiger partial charge in [0.2, 0.25) is 0 Å². The first-order chi connectivity index (χ1) is 9.51. The van der Waals surface area contributed by atoms with Gasteiger partial charge in [-0.05, 0) is 24.3 Å². The molecule has 2 aromatic rings. The Labute approximate surface area is 129 Å². The third kappa shape index (κ3) is 3.32. The van der Waals surface area contributed by atoms with Crippen molar-refractivity contribution in [1.29, 1.82) is 0 Å². The van der Waals surface area contributed by atoms with Crippen LogP contribution in [0.4, 0.5) is 0 Å². The maximum absolute atomic E-state index is 12.3. The molecule has 1 heterocycles. The van der Waals surface area contributed by atoms with E-state index in [0.29, 0.717) is 16.2 Å². The lowest BCUT2D eigenvalue weighted by molar-refractivity contribution is 0.0967. The Morgan fingerprint density at radius 1 is 1.35 bits per heavy atom. The highest BCUT2D eigenvalue weighted by atomic mass is 79.9. The summed E-state index contributed by atoms with van der Waals surface area (Å²) >= 11 is 7.48. The number of hydrogen-bond donors (Lipinski definition) is 1. The number of methoxy groups -OCH3 is 1. The van der Waals surface area contributed by atoms with Crippen LogP contribution in [0.25, 0.3) is 0 Å². The zero-order valence-electron chi connectivity index (χ0n) is 10.7. The Bertz CT molecular complexity index is 712. The summed E-state index contributed by atoms with van der Waals surface area (Å²) < 4.78 is 7.33. The average molecular weight is 354 g/mol. The molecule has 104 valence electrons. The molecule has 20 heavy (non-hydrogen) atoms. The number of hydrogen-bond acceptors (Lipinski definition) is 4. The second-order valence-electron chi connectivity index (χ2n) is 4.12. The van der Waals surface area contributed by atoms with Crippen LogP contribution in [0.2, 0.25) is 0 Å². The van der Waals surface area contributed by atoms with E-state index in [2.05, 4.69) is 28.6 Å². The number of benzene rings is 1. The average Bonchev–Trinajstić information content (AvgIpc) is 2.42. The van der Waals surface area contributed by atoms with Gasteiger partial charge in [-0.2, -0.15) is 0 Å². The molecule has 0 bridgehead atoms. The number of thiol groups is 1. The largest absolute Gasteiger partial charge is 0.496 e. The second-order valence-corrected chi connectivity index (χ2v) is 5.55. The zero-order chi connectivity index (χ0) is 14.7. The molecule has 0 N–H and O–H groups in total. The van der Waals surface area contributed by atoms with Gasteiger partial charge >= 0.3 is 0 Å². The van der Waals surface area contributed by atoms with Crippen LogP contribution in [0, 0.1) is 0 Å². The molecule has 0 saturated carbocycles. The van der Waals surface area contributed by atoms with Gasteiger partial charge in [-0.15, -0.1) is 12.6 Å². The summed E-state index contributed by atoms with van der Waals surface area (Å²) in [5.74, 6) is 0.273. The molecular formula is C14H12BrNO3S. The highest BCUT2D eigenvalue weighted by Crippen LogP contribution is 2.24. The summed E-state index contributed by atoms with van der Waals surface area (Å²) in [5, 5.41) is 0. The van der Waals surface area contributed by atoms with Crippen LogP contribution in [0.5, 0.6) is 5.75 Å². The zero-order valence-corrected chi connectivity index (χ0v) is 13.1. The fraction of sp³-hybridized carbons (Fsp3) is 0.143. The summed E-state index contributed by atoms with van der Waals surface area (Å²) in [6.07, 6.45) is 1.54. The van der Waals surface area contributed by atoms with Crippen LogP contribution in [0.1, 0.15) is 10.4 Å². The number of rotatable bonds is 4. The van der Waals surface area contributed by atoms with Crippen LogP contribution in [-0.2, 0) is 6.54 Å². The number of ketones is 1. The molecule has 1 aromatic heterocycles. The van der Waals surface area contributed by atoms with Crippen LogP contribution in [-0.4, -0.2) is 17.5 Å². The Morgan fingerprint density at radius 3 is 2.80 bits per heavy atom. The normalized spacial score (nSPS) is 10.3. The molecule has 0 amide bonds. The molecule has 0 aliphatic rings. The molecule has 0 aliphatic heterocycles. The van der Waals surface area contributed by atoms with Gasteiger partial charge in [0.25, 0.3) is 5.56 Å². The first kappa shape index (κ1) is 14.9. The number of ether oxygens (including phenoxy) is 1. The van der Waals surface area contributed by atoms with E-state index in [1.54, 1.807) is 24.3 Å². The molecule has 0 saturated heterocycles. The number of carbonyl (C=O) groups excluding carboxylic acids is 1. The molecule has 0 aliphatic carbocycles. The number of Topliss-reactive ketones (excluding diaryl/α,β-unsaturated/α-hetero) is 1. The molecule has 0 fully saturated rings. The molecule has 0 spiro atoms. The third-order valence-corrected chi connectivity index (χ3v) is 3.50. The van der Waals surface area contributed by atoms with Crippen molar-refractivity contribution in [1.82, 2.24) is 4.57 Å². The predicted octanol–water partition coefficient (Wildman–Crippen LogP) is 2.79. The van der Waals surface area contributed by atoms with E-state index in [1.807, 2.05) is 0 Å². The van der Waals surface area contributed by atoms with Crippen LogP contribution < -0.4 is 10.3 Å². The Hall–Kier alpha value is -1.53. The lowest BCUT2D eigenvalue weighted by Gasteiger charge is -2.09. The minimum Gasteiger partial charge on any atom is -0.496 e. The second kappa shape index (κ2) is 6.28. The number of halogens is 1. The summed E-state index contributed by atoms with van der Waals surface area (Å²) in [6, 6.07) is 8.11. The van der Waals surface area contributed by atoms with E-state index in [0.717, 1.165) is 4.47 Å². The summed E-state index contributed by atoms with van der Waals surface area (Å²) in [5.41, 5.74) is 0.194. The molecule has 6 heteroatoms. The van der Waals surface area contributed by atoms with E-state index in [1.165, 1.54) is 23.9 Å². The van der Waals surface area contributed by atoms with Crippen LogP contribution in [0.3, 0.4) is 0 Å². The Morgan fingerprint density at radius 2 is 2.10 bits per heavy atom. The highest BCUT2D eigenvalue weighted by Gasteiger charge is 2.13. The van der Waals surface area contributed by atoms with Crippen molar-refractivity contribution in [2.75, 3.05) is 7.11 Å². The van der Waals surface area contributed by atoms with Crippen molar-refractivity contribution in [2.45, 2.75) is 11.4 Å². The number of aromatic nitrogens is 1. The van der Waals surface area contributed by atoms with Gasteiger partial charge in [-0.25, -0.2) is 0 Å². The van der Waals surface area contributed by atoms with Crippen molar-refractivity contribution in [3.8, 4) is 5.75 Å². The minimum atomic E-state index is -0.243. The van der Waals surface area contributed by atoms with E-state index in [4.69, 9.17) is 4.74 Å². The monoisotopic (exact) mass is 353 g/mol. The first-order valence-corrected chi connectivity index (χ1v) is 7.01. The topological polar surface area (TPSA) is 48.3 Å². The quantitative estimate of drug-likeness (QED) is 0.679. The number of pyridine rings is 1. The summed E-state index contributed by atoms with van der Waals surface area (Å²) in [7, 11) is 1.50. The molecular weight excluding hydrogens is 342 g/mol. The lowest BCUT2D eigenvalue weighted by Crippen LogP contribution is -2.23. The van der Waals surface area contributed by atoms with Gasteiger partial charge in [-0.1, -0.05) is 15.9 Å².